The van der Waals surface area contributed by atoms with E-state index in [1.807, 2.05) is 21.1 Å². The molecular weight excluding hydrogens is 653 g/mol. The van der Waals surface area contributed by atoms with Crippen LogP contribution in [-0.2, 0) is 28.2 Å². The van der Waals surface area contributed by atoms with Crippen molar-refractivity contribution in [3.63, 3.8) is 0 Å². The molecule has 0 spiro atoms. The summed E-state index contributed by atoms with van der Waals surface area (Å²) >= 11 is 0. The lowest BCUT2D eigenvalue weighted by Crippen LogP contribution is -2.50. The number of hydrogen-bond acceptors (Lipinski definition) is 6. The minimum Gasteiger partial charge on any atom is -0.462 e. The van der Waals surface area contributed by atoms with E-state index in [0.717, 1.165) is 38.5 Å². The Kier molecular flexibility index (Phi) is 32.0. The van der Waals surface area contributed by atoms with Crippen molar-refractivity contribution in [2.24, 2.45) is 0 Å². The van der Waals surface area contributed by atoms with Gasteiger partial charge < -0.3 is 23.7 Å². The van der Waals surface area contributed by atoms with E-state index in [0.29, 0.717) is 17.3 Å². The highest BCUT2D eigenvalue weighted by Crippen LogP contribution is 2.36. The lowest BCUT2D eigenvalue weighted by Gasteiger charge is -2.35. The van der Waals surface area contributed by atoms with E-state index in [1.165, 1.54) is 128 Å². The molecule has 2 unspecified atom stereocenters. The molecule has 0 aliphatic rings. The first-order valence-corrected chi connectivity index (χ1v) is 22.3. The van der Waals surface area contributed by atoms with Gasteiger partial charge in [0.2, 0.25) is 0 Å². The number of unbranched alkanes of at least 4 members (excludes halogenated alkanes) is 24. The van der Waals surface area contributed by atoms with Crippen molar-refractivity contribution in [1.82, 2.24) is 0 Å². The fourth-order valence-electron chi connectivity index (χ4n) is 6.32. The summed E-state index contributed by atoms with van der Waals surface area (Å²) in [6.07, 6.45) is 32.2. The highest BCUT2D eigenvalue weighted by molar-refractivity contribution is 7.46. The van der Waals surface area contributed by atoms with Crippen molar-refractivity contribution < 1.29 is 42.4 Å². The molecule has 50 heavy (non-hydrogen) atoms. The summed E-state index contributed by atoms with van der Waals surface area (Å²) in [7, 11) is 1.00. The molecule has 10 heteroatoms. The topological polar surface area (TPSA) is 119 Å². The summed E-state index contributed by atoms with van der Waals surface area (Å²) in [4.78, 5) is 44.0. The quantitative estimate of drug-likeness (QED) is 0.0280. The van der Waals surface area contributed by atoms with Crippen LogP contribution in [0.5, 0.6) is 0 Å². The number of carbonyl (C=O) groups excluding carboxylic acids is 2. The summed E-state index contributed by atoms with van der Waals surface area (Å²) in [6.45, 7) is 4.21. The van der Waals surface area contributed by atoms with Gasteiger partial charge in [0, 0.05) is 19.3 Å². The normalized spacial score (nSPS) is 13.3. The predicted molar refractivity (Wildman–Crippen MR) is 206 cm³/mol. The molecule has 0 aliphatic carbocycles. The lowest BCUT2D eigenvalue weighted by molar-refractivity contribution is -0.897. The molecule has 0 aromatic heterocycles. The maximum Gasteiger partial charge on any atom is 0.469 e. The summed E-state index contributed by atoms with van der Waals surface area (Å²) in [5.74, 6) is -0.638. The van der Waals surface area contributed by atoms with E-state index in [9.17, 15) is 23.9 Å². The summed E-state index contributed by atoms with van der Waals surface area (Å²) in [6, 6.07) is -0.392. The van der Waals surface area contributed by atoms with Crippen molar-refractivity contribution in [2.45, 2.75) is 212 Å². The van der Waals surface area contributed by atoms with Crippen LogP contribution < -0.4 is 0 Å². The third-order valence-electron chi connectivity index (χ3n) is 9.76. The van der Waals surface area contributed by atoms with E-state index in [-0.39, 0.29) is 31.6 Å². The number of nitrogens with zero attached hydrogens (tertiary/aromatic N) is 1. The Morgan fingerprint density at radius 2 is 0.880 bits per heavy atom. The highest BCUT2D eigenvalue weighted by atomic mass is 31.2. The van der Waals surface area contributed by atoms with Gasteiger partial charge in [0.15, 0.2) is 0 Å². The lowest BCUT2D eigenvalue weighted by atomic mass is 10.0. The Morgan fingerprint density at radius 3 is 1.22 bits per heavy atom. The molecule has 2 N–H and O–H groups in total. The van der Waals surface area contributed by atoms with Crippen LogP contribution in [0.25, 0.3) is 0 Å². The summed E-state index contributed by atoms with van der Waals surface area (Å²) < 4.78 is 28.0. The van der Waals surface area contributed by atoms with Gasteiger partial charge in [-0.2, -0.15) is 0 Å². The van der Waals surface area contributed by atoms with Crippen LogP contribution in [-0.4, -0.2) is 72.7 Å². The Hall–Kier alpha value is -0.990. The minimum atomic E-state index is -4.67. The minimum absolute atomic E-state index is 0.0754. The Morgan fingerprint density at radius 1 is 0.540 bits per heavy atom. The van der Waals surface area contributed by atoms with Crippen molar-refractivity contribution in [2.75, 3.05) is 34.4 Å². The van der Waals surface area contributed by atoms with Gasteiger partial charge in [0.1, 0.15) is 25.4 Å². The predicted octanol–water partition coefficient (Wildman–Crippen LogP) is 11.0. The van der Waals surface area contributed by atoms with Crippen LogP contribution in [0.2, 0.25) is 0 Å². The van der Waals surface area contributed by atoms with Crippen LogP contribution in [0.15, 0.2) is 0 Å². The van der Waals surface area contributed by atoms with Crippen molar-refractivity contribution in [1.29, 1.82) is 0 Å². The summed E-state index contributed by atoms with van der Waals surface area (Å²) in [5.41, 5.74) is 0. The number of likely N-dealkylation sites (N-methyl/N-ethyl adjacent to an activating group) is 1. The van der Waals surface area contributed by atoms with Crippen LogP contribution in [0.3, 0.4) is 0 Å². The van der Waals surface area contributed by atoms with Gasteiger partial charge in [-0.05, 0) is 12.8 Å². The fraction of sp³-hybridized carbons (Fsp3) is 0.950. The third-order valence-corrected chi connectivity index (χ3v) is 10.2. The molecule has 0 fully saturated rings. The molecule has 2 atom stereocenters. The van der Waals surface area contributed by atoms with E-state index >= 15 is 0 Å². The Labute approximate surface area is 308 Å². The number of ether oxygens (including phenoxy) is 2. The zero-order valence-corrected chi connectivity index (χ0v) is 34.2. The van der Waals surface area contributed by atoms with Crippen molar-refractivity contribution >= 4 is 19.8 Å². The van der Waals surface area contributed by atoms with Gasteiger partial charge >= 0.3 is 19.8 Å². The van der Waals surface area contributed by atoms with Crippen LogP contribution >= 0.6 is 7.82 Å². The number of esters is 2. The summed E-state index contributed by atoms with van der Waals surface area (Å²) in [5, 5.41) is 0. The zero-order chi connectivity index (χ0) is 37.4. The first-order valence-electron chi connectivity index (χ1n) is 20.7. The number of phosphoric ester groups is 1. The maximum atomic E-state index is 12.8. The molecule has 0 radical (unpaired) electrons. The largest absolute Gasteiger partial charge is 0.469 e. The highest BCUT2D eigenvalue weighted by Gasteiger charge is 2.32. The van der Waals surface area contributed by atoms with E-state index in [1.54, 1.807) is 0 Å². The molecule has 0 rings (SSSR count). The first kappa shape index (κ1) is 49.0. The molecule has 0 heterocycles. The van der Waals surface area contributed by atoms with Crippen LogP contribution in [0, 0.1) is 0 Å². The van der Waals surface area contributed by atoms with Gasteiger partial charge in [-0.15, -0.1) is 0 Å². The average Bonchev–Trinajstić information content (AvgIpc) is 3.05. The molecule has 0 saturated heterocycles. The van der Waals surface area contributed by atoms with Gasteiger partial charge in [-0.1, -0.05) is 168 Å². The smallest absolute Gasteiger partial charge is 0.462 e. The number of quaternary nitrogens is 1. The fourth-order valence-corrected chi connectivity index (χ4v) is 6.69. The molecule has 0 aliphatic heterocycles. The average molecular weight is 735 g/mol. The van der Waals surface area contributed by atoms with Gasteiger partial charge in [-0.3, -0.25) is 14.1 Å². The van der Waals surface area contributed by atoms with Crippen molar-refractivity contribution in [3.05, 3.63) is 0 Å². The number of phosphoric acid groups is 1. The number of rotatable bonds is 37. The second kappa shape index (κ2) is 32.6. The Bertz CT molecular complexity index is 844. The molecule has 0 bridgehead atoms. The zero-order valence-electron chi connectivity index (χ0n) is 33.3. The molecule has 0 saturated carbocycles. The number of hydrogen-bond donors (Lipinski definition) is 2. The van der Waals surface area contributed by atoms with Gasteiger partial charge in [-0.25, -0.2) is 4.57 Å². The van der Waals surface area contributed by atoms with Crippen molar-refractivity contribution in [3.8, 4) is 0 Å². The SMILES string of the molecule is CCCCCCCCCCCCCCCC(=O)OCC(CC(COP(=O)(O)O)[N+](C)(C)C)OC(=O)CCCCCCCCCCCCCCC. The third kappa shape index (κ3) is 34.1. The molecule has 9 nitrogen and oxygen atoms in total. The number of carbonyl (C=O) groups is 2. The molecule has 0 aromatic carbocycles. The molecular formula is C40H81NO8P+. The standard InChI is InChI=1S/C40H80NO8P/c1-6-8-10-12-14-16-18-20-22-24-26-28-30-32-39(42)47-36-38(34-37(41(3,4)5)35-48-50(44,45)46)49-40(43)33-31-29-27-25-23-21-19-17-15-13-11-9-7-2/h37-38H,6-36H2,1-5H3,(H-,44,45,46)/p+1. The molecule has 298 valence electrons. The van der Waals surface area contributed by atoms with E-state index in [4.69, 9.17) is 14.0 Å². The molecule has 0 aromatic rings. The second-order valence-electron chi connectivity index (χ2n) is 15.6. The van der Waals surface area contributed by atoms with Crippen LogP contribution in [0.4, 0.5) is 0 Å². The van der Waals surface area contributed by atoms with E-state index < -0.39 is 20.0 Å². The van der Waals surface area contributed by atoms with E-state index in [2.05, 4.69) is 13.8 Å². The second-order valence-corrected chi connectivity index (χ2v) is 16.8. The Balaban J connectivity index is 4.52. The maximum absolute atomic E-state index is 12.8. The first-order chi connectivity index (χ1) is 23.9. The van der Waals surface area contributed by atoms with Gasteiger partial charge in [0.05, 0.1) is 21.1 Å². The monoisotopic (exact) mass is 735 g/mol. The van der Waals surface area contributed by atoms with Gasteiger partial charge in [0.25, 0.3) is 0 Å². The van der Waals surface area contributed by atoms with Crippen LogP contribution in [0.1, 0.15) is 200 Å². The molecule has 0 amide bonds.